The quantitative estimate of drug-likeness (QED) is 0.447. The average Bonchev–Trinajstić information content (AvgIpc) is 3.09. The van der Waals surface area contributed by atoms with Crippen molar-refractivity contribution in [3.63, 3.8) is 0 Å². The summed E-state index contributed by atoms with van der Waals surface area (Å²) in [6.07, 6.45) is 0. The third-order valence-electron chi connectivity index (χ3n) is 4.81. The van der Waals surface area contributed by atoms with Gasteiger partial charge in [0, 0.05) is 18.6 Å². The Balaban J connectivity index is 1.91. The molecule has 154 valence electrons. The highest BCUT2D eigenvalue weighted by Gasteiger charge is 2.21. The maximum absolute atomic E-state index is 12.9. The molecule has 0 aliphatic carbocycles. The molecule has 2 aromatic carbocycles. The van der Waals surface area contributed by atoms with Gasteiger partial charge in [-0.25, -0.2) is 4.79 Å². The second-order valence-electron chi connectivity index (χ2n) is 6.77. The molecule has 0 saturated carbocycles. The first-order valence-electron chi connectivity index (χ1n) is 9.11. The van der Waals surface area contributed by atoms with Gasteiger partial charge in [0.25, 0.3) is 5.56 Å². The predicted molar refractivity (Wildman–Crippen MR) is 117 cm³/mol. The van der Waals surface area contributed by atoms with E-state index in [-0.39, 0.29) is 11.7 Å². The van der Waals surface area contributed by atoms with Crippen molar-refractivity contribution in [1.82, 2.24) is 18.7 Å². The van der Waals surface area contributed by atoms with E-state index < -0.39 is 11.2 Å². The predicted octanol–water partition coefficient (Wildman–Crippen LogP) is 3.05. The molecule has 0 aliphatic rings. The van der Waals surface area contributed by atoms with Crippen LogP contribution in [0.4, 0.5) is 0 Å². The minimum atomic E-state index is -0.449. The summed E-state index contributed by atoms with van der Waals surface area (Å²) in [5, 5.41) is 0. The van der Waals surface area contributed by atoms with E-state index in [2.05, 4.69) is 20.9 Å². The number of hydrogen-bond acceptors (Lipinski definition) is 5. The summed E-state index contributed by atoms with van der Waals surface area (Å²) in [5.74, 6) is 1.23. The number of nitrogens with zero attached hydrogens (tertiary/aromatic N) is 4. The number of hydrogen-bond donors (Lipinski definition) is 0. The Morgan fingerprint density at radius 3 is 2.37 bits per heavy atom. The fraction of sp³-hybridized carbons (Fsp3) is 0.190. The van der Waals surface area contributed by atoms with Crippen LogP contribution in [0.5, 0.6) is 17.5 Å². The SMILES string of the molecule is COc1ccc(Oc2nc3c(c(=O)n(C)c(=O)n3C)n2Cc2cccc(Br)c2)cc1. The van der Waals surface area contributed by atoms with Gasteiger partial charge in [0.1, 0.15) is 11.5 Å². The van der Waals surface area contributed by atoms with Gasteiger partial charge >= 0.3 is 11.7 Å². The first-order chi connectivity index (χ1) is 14.4. The zero-order chi connectivity index (χ0) is 21.4. The molecule has 4 aromatic rings. The van der Waals surface area contributed by atoms with E-state index in [1.54, 1.807) is 43.0 Å². The molecule has 2 aromatic heterocycles. The summed E-state index contributed by atoms with van der Waals surface area (Å²) < 4.78 is 16.2. The molecule has 2 heterocycles. The van der Waals surface area contributed by atoms with Gasteiger partial charge in [-0.1, -0.05) is 28.1 Å². The molecular weight excluding hydrogens is 452 g/mol. The van der Waals surface area contributed by atoms with Crippen LogP contribution in [0.1, 0.15) is 5.56 Å². The summed E-state index contributed by atoms with van der Waals surface area (Å²) in [6.45, 7) is 0.342. The van der Waals surface area contributed by atoms with Crippen molar-refractivity contribution in [2.45, 2.75) is 6.54 Å². The van der Waals surface area contributed by atoms with E-state index in [1.165, 1.54) is 11.6 Å². The van der Waals surface area contributed by atoms with Crippen LogP contribution in [-0.2, 0) is 20.6 Å². The average molecular weight is 471 g/mol. The molecule has 0 spiro atoms. The largest absolute Gasteiger partial charge is 0.497 e. The fourth-order valence-corrected chi connectivity index (χ4v) is 3.66. The highest BCUT2D eigenvalue weighted by molar-refractivity contribution is 9.10. The summed E-state index contributed by atoms with van der Waals surface area (Å²) in [4.78, 5) is 29.8. The molecular formula is C21H19BrN4O4. The van der Waals surface area contributed by atoms with Crippen molar-refractivity contribution in [3.8, 4) is 17.5 Å². The number of halogens is 1. The van der Waals surface area contributed by atoms with Crippen LogP contribution >= 0.6 is 15.9 Å². The van der Waals surface area contributed by atoms with Crippen LogP contribution in [0, 0.1) is 0 Å². The molecule has 0 saturated heterocycles. The van der Waals surface area contributed by atoms with Gasteiger partial charge in [0.15, 0.2) is 11.2 Å². The van der Waals surface area contributed by atoms with Crippen LogP contribution in [0.25, 0.3) is 11.2 Å². The van der Waals surface area contributed by atoms with Crippen LogP contribution in [-0.4, -0.2) is 25.8 Å². The normalized spacial score (nSPS) is 11.1. The highest BCUT2D eigenvalue weighted by atomic mass is 79.9. The van der Waals surface area contributed by atoms with E-state index in [1.807, 2.05) is 24.3 Å². The standard InChI is InChI=1S/C21H19BrN4O4/c1-24-18-17(19(27)25(2)21(24)28)26(12-13-5-4-6-14(22)11-13)20(23-18)30-16-9-7-15(29-3)8-10-16/h4-11H,12H2,1-3H3. The van der Waals surface area contributed by atoms with Gasteiger partial charge in [-0.3, -0.25) is 18.5 Å². The molecule has 0 bridgehead atoms. The maximum atomic E-state index is 12.9. The fourth-order valence-electron chi connectivity index (χ4n) is 3.22. The van der Waals surface area contributed by atoms with Crippen molar-refractivity contribution >= 4 is 27.1 Å². The van der Waals surface area contributed by atoms with E-state index >= 15 is 0 Å². The number of fused-ring (bicyclic) bond motifs is 1. The molecule has 30 heavy (non-hydrogen) atoms. The second-order valence-corrected chi connectivity index (χ2v) is 7.68. The van der Waals surface area contributed by atoms with Gasteiger partial charge in [0.05, 0.1) is 13.7 Å². The Labute approximate surface area is 180 Å². The molecule has 0 aliphatic heterocycles. The van der Waals surface area contributed by atoms with Crippen LogP contribution in [0.15, 0.2) is 62.6 Å². The Morgan fingerprint density at radius 1 is 1.00 bits per heavy atom. The van der Waals surface area contributed by atoms with Gasteiger partial charge in [-0.15, -0.1) is 0 Å². The van der Waals surface area contributed by atoms with Crippen molar-refractivity contribution in [2.24, 2.45) is 14.1 Å². The molecule has 0 amide bonds. The molecule has 0 radical (unpaired) electrons. The van der Waals surface area contributed by atoms with Gasteiger partial charge in [0.2, 0.25) is 0 Å². The number of imidazole rings is 1. The third-order valence-corrected chi connectivity index (χ3v) is 5.30. The van der Waals surface area contributed by atoms with E-state index in [9.17, 15) is 9.59 Å². The van der Waals surface area contributed by atoms with Crippen molar-refractivity contribution < 1.29 is 9.47 Å². The van der Waals surface area contributed by atoms with Crippen LogP contribution in [0.2, 0.25) is 0 Å². The summed E-state index contributed by atoms with van der Waals surface area (Å²) in [5.41, 5.74) is 0.625. The lowest BCUT2D eigenvalue weighted by Gasteiger charge is -2.11. The minimum absolute atomic E-state index is 0.216. The van der Waals surface area contributed by atoms with Crippen molar-refractivity contribution in [2.75, 3.05) is 7.11 Å². The first kappa shape index (κ1) is 20.0. The number of ether oxygens (including phenoxy) is 2. The van der Waals surface area contributed by atoms with Gasteiger partial charge in [-0.05, 0) is 42.0 Å². The Morgan fingerprint density at radius 2 is 1.70 bits per heavy atom. The third kappa shape index (κ3) is 3.52. The number of benzene rings is 2. The molecule has 8 nitrogen and oxygen atoms in total. The monoisotopic (exact) mass is 470 g/mol. The van der Waals surface area contributed by atoms with Gasteiger partial charge < -0.3 is 9.47 Å². The number of aryl methyl sites for hydroxylation is 1. The zero-order valence-corrected chi connectivity index (χ0v) is 18.2. The Hall–Kier alpha value is -3.33. The lowest BCUT2D eigenvalue weighted by atomic mass is 10.2. The number of aromatic nitrogens is 4. The minimum Gasteiger partial charge on any atom is -0.497 e. The van der Waals surface area contributed by atoms with Crippen molar-refractivity contribution in [3.05, 3.63) is 79.4 Å². The van der Waals surface area contributed by atoms with Crippen molar-refractivity contribution in [1.29, 1.82) is 0 Å². The highest BCUT2D eigenvalue weighted by Crippen LogP contribution is 2.27. The second kappa shape index (κ2) is 7.83. The summed E-state index contributed by atoms with van der Waals surface area (Å²) >= 11 is 3.47. The summed E-state index contributed by atoms with van der Waals surface area (Å²) in [6, 6.07) is 15.0. The molecule has 9 heteroatoms. The maximum Gasteiger partial charge on any atom is 0.332 e. The van der Waals surface area contributed by atoms with Crippen LogP contribution in [0.3, 0.4) is 0 Å². The lowest BCUT2D eigenvalue weighted by Crippen LogP contribution is -2.37. The Kier molecular flexibility index (Phi) is 5.21. The number of rotatable bonds is 5. The van der Waals surface area contributed by atoms with E-state index in [4.69, 9.17) is 9.47 Å². The topological polar surface area (TPSA) is 80.3 Å². The smallest absolute Gasteiger partial charge is 0.332 e. The first-order valence-corrected chi connectivity index (χ1v) is 9.91. The Bertz CT molecular complexity index is 1350. The summed E-state index contributed by atoms with van der Waals surface area (Å²) in [7, 11) is 4.62. The number of methoxy groups -OCH3 is 1. The van der Waals surface area contributed by atoms with Crippen LogP contribution < -0.4 is 20.7 Å². The van der Waals surface area contributed by atoms with E-state index in [0.29, 0.717) is 23.6 Å². The lowest BCUT2D eigenvalue weighted by molar-refractivity contribution is 0.406. The molecule has 0 unspecified atom stereocenters. The van der Waals surface area contributed by atoms with Gasteiger partial charge in [-0.2, -0.15) is 4.98 Å². The molecule has 0 fully saturated rings. The van der Waals surface area contributed by atoms with E-state index in [0.717, 1.165) is 14.6 Å². The molecule has 0 atom stereocenters. The molecule has 0 N–H and O–H groups in total. The zero-order valence-electron chi connectivity index (χ0n) is 16.6. The molecule has 4 rings (SSSR count).